The molecule has 0 aliphatic carbocycles. The molecule has 0 spiro atoms. The van der Waals surface area contributed by atoms with Crippen molar-refractivity contribution in [3.05, 3.63) is 0 Å². The molecule has 0 radical (unpaired) electrons. The molecule has 0 saturated carbocycles. The van der Waals surface area contributed by atoms with Crippen LogP contribution in [-0.4, -0.2) is 17.2 Å². The molecule has 5 heteroatoms. The number of thiol groups is 2. The fourth-order valence-corrected chi connectivity index (χ4v) is 2.89. The normalized spacial score (nSPS) is 34.2. The van der Waals surface area contributed by atoms with Crippen molar-refractivity contribution in [3.63, 3.8) is 0 Å². The summed E-state index contributed by atoms with van der Waals surface area (Å²) in [5, 5.41) is 4.64. The maximum atomic E-state index is 4.17. The monoisotopic (exact) mass is 213 g/mol. The maximum Gasteiger partial charge on any atom is 0.0635 e. The lowest BCUT2D eigenvalue weighted by Gasteiger charge is -2.26. The first kappa shape index (κ1) is 9.45. The minimum atomic E-state index is 0.556. The van der Waals surface area contributed by atoms with E-state index in [-0.39, 0.29) is 0 Å². The molecule has 1 nitrogen and oxygen atoms in total. The molecule has 0 amide bonds. The van der Waals surface area contributed by atoms with Crippen LogP contribution in [0, 0.1) is 0 Å². The first-order chi connectivity index (χ1) is 4.86. The highest BCUT2D eigenvalue weighted by molar-refractivity contribution is 8.69. The summed E-state index contributed by atoms with van der Waals surface area (Å²) in [6.07, 6.45) is 2.48. The summed E-state index contributed by atoms with van der Waals surface area (Å²) < 4.78 is 0. The van der Waals surface area contributed by atoms with Crippen LogP contribution in [0.4, 0.5) is 0 Å². The summed E-state index contributed by atoms with van der Waals surface area (Å²) in [5.74, 6) is 0. The summed E-state index contributed by atoms with van der Waals surface area (Å²) in [7, 11) is 3.26. The lowest BCUT2D eigenvalue weighted by Crippen LogP contribution is -2.37. The van der Waals surface area contributed by atoms with Crippen LogP contribution in [0.5, 0.6) is 0 Å². The van der Waals surface area contributed by atoms with E-state index in [9.17, 15) is 0 Å². The fourth-order valence-electron chi connectivity index (χ4n) is 0.984. The van der Waals surface area contributed by atoms with Gasteiger partial charge in [0.1, 0.15) is 0 Å². The molecule has 1 N–H and O–H groups in total. The summed E-state index contributed by atoms with van der Waals surface area (Å²) in [4.78, 5) is 0. The fraction of sp³-hybridized carbons (Fsp3) is 1.00. The SMILES string of the molecule is SSC1CCC(SS)NC1. The van der Waals surface area contributed by atoms with Gasteiger partial charge in [0.15, 0.2) is 0 Å². The van der Waals surface area contributed by atoms with Gasteiger partial charge in [-0.3, -0.25) is 0 Å². The topological polar surface area (TPSA) is 12.0 Å². The third kappa shape index (κ3) is 2.77. The molecule has 2 atom stereocenters. The van der Waals surface area contributed by atoms with E-state index in [1.54, 1.807) is 21.6 Å². The zero-order valence-electron chi connectivity index (χ0n) is 5.49. The maximum absolute atomic E-state index is 4.17. The van der Waals surface area contributed by atoms with Crippen molar-refractivity contribution in [2.24, 2.45) is 0 Å². The molecule has 10 heavy (non-hydrogen) atoms. The van der Waals surface area contributed by atoms with Gasteiger partial charge in [-0.25, -0.2) is 0 Å². The largest absolute Gasteiger partial charge is 0.304 e. The molecule has 0 aromatic rings. The van der Waals surface area contributed by atoms with Gasteiger partial charge in [0.05, 0.1) is 5.37 Å². The Morgan fingerprint density at radius 1 is 1.20 bits per heavy atom. The van der Waals surface area contributed by atoms with Crippen LogP contribution in [0.3, 0.4) is 0 Å². The van der Waals surface area contributed by atoms with Crippen LogP contribution in [0.1, 0.15) is 12.8 Å². The van der Waals surface area contributed by atoms with Crippen LogP contribution in [0.2, 0.25) is 0 Å². The molecule has 0 aromatic carbocycles. The van der Waals surface area contributed by atoms with E-state index in [0.717, 1.165) is 6.54 Å². The van der Waals surface area contributed by atoms with Gasteiger partial charge in [0.25, 0.3) is 0 Å². The molecule has 1 aliphatic rings. The van der Waals surface area contributed by atoms with Gasteiger partial charge in [0.2, 0.25) is 0 Å². The van der Waals surface area contributed by atoms with E-state index in [1.807, 2.05) is 0 Å². The number of nitrogens with one attached hydrogen (secondary N) is 1. The smallest absolute Gasteiger partial charge is 0.0635 e. The first-order valence-corrected chi connectivity index (χ1v) is 7.07. The lowest BCUT2D eigenvalue weighted by molar-refractivity contribution is 0.505. The van der Waals surface area contributed by atoms with E-state index >= 15 is 0 Å². The Kier molecular flexibility index (Phi) is 4.80. The second-order valence-corrected chi connectivity index (χ2v) is 5.23. The Morgan fingerprint density at radius 3 is 2.40 bits per heavy atom. The summed E-state index contributed by atoms with van der Waals surface area (Å²) in [5.41, 5.74) is 0. The minimum absolute atomic E-state index is 0.556. The lowest BCUT2D eigenvalue weighted by atomic mass is 10.2. The molecule has 1 rings (SSSR count). The molecule has 1 heterocycles. The minimum Gasteiger partial charge on any atom is -0.304 e. The zero-order chi connectivity index (χ0) is 7.40. The van der Waals surface area contributed by atoms with Crippen LogP contribution in [-0.2, 0) is 0 Å². The van der Waals surface area contributed by atoms with Gasteiger partial charge in [-0.15, -0.1) is 23.3 Å². The molecular formula is C5H11NS4. The third-order valence-electron chi connectivity index (χ3n) is 1.60. The summed E-state index contributed by atoms with van der Waals surface area (Å²) >= 11 is 8.32. The van der Waals surface area contributed by atoms with Crippen molar-refractivity contribution in [1.82, 2.24) is 5.32 Å². The van der Waals surface area contributed by atoms with Gasteiger partial charge in [-0.2, -0.15) is 0 Å². The Morgan fingerprint density at radius 2 is 2.00 bits per heavy atom. The standard InChI is InChI=1S/C5H11NS4/c7-9-4-1-2-5(10-8)6-3-4/h4-8H,1-3H2. The highest BCUT2D eigenvalue weighted by Crippen LogP contribution is 2.27. The Hall–Kier alpha value is 1.36. The highest BCUT2D eigenvalue weighted by Gasteiger charge is 2.18. The van der Waals surface area contributed by atoms with Crippen molar-refractivity contribution in [1.29, 1.82) is 0 Å². The van der Waals surface area contributed by atoms with Crippen molar-refractivity contribution in [2.75, 3.05) is 6.54 Å². The Balaban J connectivity index is 2.17. The molecule has 0 bridgehead atoms. The quantitative estimate of drug-likeness (QED) is 0.481. The predicted molar refractivity (Wildman–Crippen MR) is 58.0 cm³/mol. The van der Waals surface area contributed by atoms with E-state index in [2.05, 4.69) is 28.6 Å². The molecule has 1 saturated heterocycles. The molecule has 0 aromatic heterocycles. The molecule has 2 unspecified atom stereocenters. The van der Waals surface area contributed by atoms with E-state index in [1.165, 1.54) is 12.8 Å². The summed E-state index contributed by atoms with van der Waals surface area (Å²) in [6, 6.07) is 0. The van der Waals surface area contributed by atoms with Gasteiger partial charge in [-0.05, 0) is 12.8 Å². The molecular weight excluding hydrogens is 202 g/mol. The number of hydrogen-bond acceptors (Lipinski definition) is 5. The molecule has 60 valence electrons. The van der Waals surface area contributed by atoms with Gasteiger partial charge in [-0.1, -0.05) is 21.6 Å². The van der Waals surface area contributed by atoms with Crippen molar-refractivity contribution in [3.8, 4) is 0 Å². The zero-order valence-corrected chi connectivity index (χ0v) is 8.91. The van der Waals surface area contributed by atoms with Crippen molar-refractivity contribution < 1.29 is 0 Å². The number of piperidine rings is 1. The number of rotatable bonds is 2. The van der Waals surface area contributed by atoms with Crippen LogP contribution in [0.25, 0.3) is 0 Å². The van der Waals surface area contributed by atoms with Gasteiger partial charge < -0.3 is 5.32 Å². The third-order valence-corrected chi connectivity index (χ3v) is 4.62. The molecule has 1 aliphatic heterocycles. The van der Waals surface area contributed by atoms with Crippen LogP contribution >= 0.6 is 44.9 Å². The van der Waals surface area contributed by atoms with Crippen LogP contribution in [0.15, 0.2) is 0 Å². The number of hydrogen-bond donors (Lipinski definition) is 3. The average molecular weight is 213 g/mol. The predicted octanol–water partition coefficient (Wildman–Crippen LogP) is 2.22. The van der Waals surface area contributed by atoms with Crippen molar-refractivity contribution >= 4 is 44.9 Å². The Labute approximate surface area is 80.1 Å². The van der Waals surface area contributed by atoms with Crippen LogP contribution < -0.4 is 5.32 Å². The van der Waals surface area contributed by atoms with Gasteiger partial charge in [0, 0.05) is 11.8 Å². The second kappa shape index (κ2) is 5.09. The van der Waals surface area contributed by atoms with E-state index < -0.39 is 0 Å². The first-order valence-electron chi connectivity index (χ1n) is 3.20. The van der Waals surface area contributed by atoms with E-state index in [4.69, 9.17) is 0 Å². The van der Waals surface area contributed by atoms with E-state index in [0.29, 0.717) is 10.6 Å². The van der Waals surface area contributed by atoms with Crippen molar-refractivity contribution in [2.45, 2.75) is 23.5 Å². The summed E-state index contributed by atoms with van der Waals surface area (Å²) in [6.45, 7) is 1.08. The second-order valence-electron chi connectivity index (χ2n) is 2.31. The molecule has 1 fully saturated rings. The average Bonchev–Trinajstić information content (AvgIpc) is 2.05. The highest BCUT2D eigenvalue weighted by atomic mass is 33.1. The van der Waals surface area contributed by atoms with Gasteiger partial charge >= 0.3 is 0 Å². The Bertz CT molecular complexity index is 79.6.